The maximum absolute atomic E-state index is 13.6. The van der Waals surface area contributed by atoms with E-state index in [0.29, 0.717) is 5.56 Å². The molecule has 6 rings (SSSR count). The molecule has 0 aliphatic heterocycles. The number of hydrogen-bond donors (Lipinski definition) is 1. The molecule has 6 aromatic rings. The van der Waals surface area contributed by atoms with Crippen LogP contribution in [-0.2, 0) is 0 Å². The van der Waals surface area contributed by atoms with Crippen LogP contribution < -0.4 is 18.9 Å². The highest BCUT2D eigenvalue weighted by molar-refractivity contribution is 6.11. The maximum atomic E-state index is 13.6. The lowest BCUT2D eigenvalue weighted by molar-refractivity contribution is 0.0682. The van der Waals surface area contributed by atoms with E-state index in [4.69, 9.17) is 18.9 Å². The normalized spacial score (nSPS) is 10.6. The molecular weight excluding hydrogens is 676 g/mol. The van der Waals surface area contributed by atoms with Crippen LogP contribution in [0.4, 0.5) is 0 Å². The van der Waals surface area contributed by atoms with Crippen LogP contribution in [0.1, 0.15) is 57.4 Å². The Morgan fingerprint density at radius 2 is 0.849 bits per heavy atom. The summed E-state index contributed by atoms with van der Waals surface area (Å²) in [6.07, 6.45) is 2.45. The van der Waals surface area contributed by atoms with Gasteiger partial charge in [-0.1, -0.05) is 84.9 Å². The number of benzene rings is 6. The smallest absolute Gasteiger partial charge is 0.343 e. The number of carbonyl (C=O) groups is 5. The van der Waals surface area contributed by atoms with Crippen LogP contribution in [0.2, 0.25) is 0 Å². The van der Waals surface area contributed by atoms with Crippen molar-refractivity contribution < 1.29 is 48.0 Å². The van der Waals surface area contributed by atoms with E-state index in [9.17, 15) is 29.1 Å². The van der Waals surface area contributed by atoms with E-state index < -0.39 is 41.0 Å². The maximum Gasteiger partial charge on any atom is 0.343 e. The monoisotopic (exact) mass is 704 g/mol. The molecule has 0 saturated carbocycles. The van der Waals surface area contributed by atoms with E-state index in [1.165, 1.54) is 48.5 Å². The SMILES string of the molecule is O=C(Oc1cc(O)c(C(=O)C=Cc2ccc(OC(=O)c3ccccc3)c(OC(=O)c3ccccc3)c2)c(OC(=O)c2ccccc2)c1)c1ccccc1. The van der Waals surface area contributed by atoms with Crippen molar-refractivity contribution in [1.29, 1.82) is 0 Å². The largest absolute Gasteiger partial charge is 0.507 e. The Labute approximate surface area is 303 Å². The van der Waals surface area contributed by atoms with Crippen molar-refractivity contribution in [2.75, 3.05) is 0 Å². The summed E-state index contributed by atoms with van der Waals surface area (Å²) in [5, 5.41) is 11.0. The van der Waals surface area contributed by atoms with Gasteiger partial charge in [0.1, 0.15) is 22.8 Å². The summed E-state index contributed by atoms with van der Waals surface area (Å²) in [5.74, 6) is -5.12. The standard InChI is InChI=1S/C43H28O10/c44-34(39-35(45)26-33(50-40(46)29-13-5-1-6-14-29)27-38(39)53-43(49)32-19-11-4-12-20-32)23-21-28-22-24-36(51-41(47)30-15-7-2-8-16-30)37(25-28)52-42(48)31-17-9-3-10-18-31/h1-27,45H. The molecule has 260 valence electrons. The Bertz CT molecular complexity index is 2320. The van der Waals surface area contributed by atoms with Crippen LogP contribution in [0.3, 0.4) is 0 Å². The van der Waals surface area contributed by atoms with Crippen LogP contribution in [0.5, 0.6) is 28.7 Å². The molecule has 0 heterocycles. The number of carbonyl (C=O) groups excluding carboxylic acids is 5. The number of phenolic OH excluding ortho intramolecular Hbond substituents is 1. The summed E-state index contributed by atoms with van der Waals surface area (Å²) in [6, 6.07) is 39.0. The summed E-state index contributed by atoms with van der Waals surface area (Å²) >= 11 is 0. The molecule has 0 aromatic heterocycles. The van der Waals surface area contributed by atoms with Crippen molar-refractivity contribution in [3.63, 3.8) is 0 Å². The number of ketones is 1. The van der Waals surface area contributed by atoms with Crippen molar-refractivity contribution >= 4 is 35.7 Å². The average molecular weight is 705 g/mol. The number of phenols is 1. The number of aromatic hydroxyl groups is 1. The highest BCUT2D eigenvalue weighted by Gasteiger charge is 2.23. The van der Waals surface area contributed by atoms with Gasteiger partial charge in [0.25, 0.3) is 0 Å². The van der Waals surface area contributed by atoms with E-state index in [0.717, 1.165) is 18.2 Å². The van der Waals surface area contributed by atoms with Crippen molar-refractivity contribution in [3.05, 3.63) is 191 Å². The van der Waals surface area contributed by atoms with Gasteiger partial charge in [0.15, 0.2) is 17.3 Å². The number of rotatable bonds is 11. The molecule has 0 spiro atoms. The van der Waals surface area contributed by atoms with E-state index in [2.05, 4.69) is 0 Å². The fourth-order valence-corrected chi connectivity index (χ4v) is 4.95. The Balaban J connectivity index is 1.30. The third kappa shape index (κ3) is 8.96. The average Bonchev–Trinajstić information content (AvgIpc) is 3.19. The quantitative estimate of drug-likeness (QED) is 0.0607. The lowest BCUT2D eigenvalue weighted by Crippen LogP contribution is -2.13. The predicted molar refractivity (Wildman–Crippen MR) is 194 cm³/mol. The first-order chi connectivity index (χ1) is 25.7. The minimum atomic E-state index is -0.833. The summed E-state index contributed by atoms with van der Waals surface area (Å²) in [7, 11) is 0. The van der Waals surface area contributed by atoms with E-state index in [1.54, 1.807) is 97.1 Å². The second-order valence-corrected chi connectivity index (χ2v) is 11.2. The minimum Gasteiger partial charge on any atom is -0.507 e. The first-order valence-electron chi connectivity index (χ1n) is 16.1. The zero-order valence-corrected chi connectivity index (χ0v) is 27.7. The van der Waals surface area contributed by atoms with Gasteiger partial charge in [-0.25, -0.2) is 19.2 Å². The first-order valence-corrected chi connectivity index (χ1v) is 16.1. The number of esters is 4. The molecule has 0 unspecified atom stereocenters. The molecule has 10 heteroatoms. The van der Waals surface area contributed by atoms with Crippen LogP contribution in [-0.4, -0.2) is 34.8 Å². The second-order valence-electron chi connectivity index (χ2n) is 11.2. The van der Waals surface area contributed by atoms with Crippen molar-refractivity contribution in [2.45, 2.75) is 0 Å². The van der Waals surface area contributed by atoms with Gasteiger partial charge in [-0.3, -0.25) is 4.79 Å². The number of allylic oxidation sites excluding steroid dienone is 1. The summed E-state index contributed by atoms with van der Waals surface area (Å²) in [5.41, 5.74) is 0.853. The first kappa shape index (κ1) is 35.2. The number of hydrogen-bond acceptors (Lipinski definition) is 10. The zero-order valence-electron chi connectivity index (χ0n) is 27.7. The van der Waals surface area contributed by atoms with E-state index >= 15 is 0 Å². The lowest BCUT2D eigenvalue weighted by Gasteiger charge is -2.13. The Hall–Kier alpha value is -7.59. The minimum absolute atomic E-state index is 0.0556. The highest BCUT2D eigenvalue weighted by atomic mass is 16.6. The Morgan fingerprint density at radius 3 is 1.32 bits per heavy atom. The van der Waals surface area contributed by atoms with Crippen LogP contribution in [0.15, 0.2) is 158 Å². The van der Waals surface area contributed by atoms with Gasteiger partial charge in [-0.15, -0.1) is 0 Å². The summed E-state index contributed by atoms with van der Waals surface area (Å²) < 4.78 is 22.2. The fraction of sp³-hybridized carbons (Fsp3) is 0. The predicted octanol–water partition coefficient (Wildman–Crippen LogP) is 8.17. The van der Waals surface area contributed by atoms with Crippen molar-refractivity contribution in [2.24, 2.45) is 0 Å². The molecule has 10 nitrogen and oxygen atoms in total. The topological polar surface area (TPSA) is 143 Å². The van der Waals surface area contributed by atoms with Crippen molar-refractivity contribution in [1.82, 2.24) is 0 Å². The Kier molecular flexibility index (Phi) is 10.9. The molecule has 0 atom stereocenters. The van der Waals surface area contributed by atoms with Crippen LogP contribution >= 0.6 is 0 Å². The van der Waals surface area contributed by atoms with Gasteiger partial charge < -0.3 is 24.1 Å². The molecule has 0 fully saturated rings. The zero-order chi connectivity index (χ0) is 37.2. The molecule has 0 amide bonds. The molecule has 0 saturated heterocycles. The molecule has 0 bridgehead atoms. The fourth-order valence-electron chi connectivity index (χ4n) is 4.95. The lowest BCUT2D eigenvalue weighted by atomic mass is 10.1. The highest BCUT2D eigenvalue weighted by Crippen LogP contribution is 2.36. The van der Waals surface area contributed by atoms with Gasteiger partial charge >= 0.3 is 23.9 Å². The molecule has 0 aliphatic rings. The van der Waals surface area contributed by atoms with Crippen molar-refractivity contribution in [3.8, 4) is 28.7 Å². The van der Waals surface area contributed by atoms with E-state index in [1.807, 2.05) is 0 Å². The molecule has 1 N–H and O–H groups in total. The van der Waals surface area contributed by atoms with Gasteiger partial charge in [0.05, 0.1) is 22.3 Å². The van der Waals surface area contributed by atoms with Gasteiger partial charge in [0.2, 0.25) is 0 Å². The second kappa shape index (κ2) is 16.4. The molecule has 6 aromatic carbocycles. The van der Waals surface area contributed by atoms with Crippen LogP contribution in [0, 0.1) is 0 Å². The third-order valence-electron chi connectivity index (χ3n) is 7.55. The number of ether oxygens (including phenoxy) is 4. The molecule has 0 aliphatic carbocycles. The molecular formula is C43H28O10. The van der Waals surface area contributed by atoms with E-state index in [-0.39, 0.29) is 45.3 Å². The van der Waals surface area contributed by atoms with Gasteiger partial charge in [0, 0.05) is 12.1 Å². The van der Waals surface area contributed by atoms with Crippen LogP contribution in [0.25, 0.3) is 6.08 Å². The summed E-state index contributed by atoms with van der Waals surface area (Å²) in [6.45, 7) is 0. The summed E-state index contributed by atoms with van der Waals surface area (Å²) in [4.78, 5) is 65.3. The molecule has 53 heavy (non-hydrogen) atoms. The van der Waals surface area contributed by atoms with Gasteiger partial charge in [-0.2, -0.15) is 0 Å². The Morgan fingerprint density at radius 1 is 0.434 bits per heavy atom. The molecule has 0 radical (unpaired) electrons. The van der Waals surface area contributed by atoms with Gasteiger partial charge in [-0.05, 0) is 72.3 Å². The third-order valence-corrected chi connectivity index (χ3v) is 7.55.